The van der Waals surface area contributed by atoms with Gasteiger partial charge in [0.2, 0.25) is 0 Å². The van der Waals surface area contributed by atoms with Crippen LogP contribution in [0.3, 0.4) is 0 Å². The number of benzene rings is 2. The van der Waals surface area contributed by atoms with Gasteiger partial charge in [0.1, 0.15) is 17.4 Å². The molecule has 4 nitrogen and oxygen atoms in total. The molecule has 0 amide bonds. The Morgan fingerprint density at radius 2 is 2.00 bits per heavy atom. The Morgan fingerprint density at radius 3 is 2.72 bits per heavy atom. The number of rotatable bonds is 7. The lowest BCUT2D eigenvalue weighted by Gasteiger charge is -2.16. The Hall–Kier alpha value is -2.66. The standard InChI is InChI=1S/C20H22FN3O/c1-15(18-9-8-17(25-2)12-19(18)21)23-13-20-22-10-11-24(20)14-16-6-4-3-5-7-16/h3-12,15,23H,13-14H2,1-2H3/t15-/m0/s1. The zero-order chi connectivity index (χ0) is 17.6. The first kappa shape index (κ1) is 17.2. The third kappa shape index (κ3) is 4.25. The molecular formula is C20H22FN3O. The topological polar surface area (TPSA) is 39.1 Å². The summed E-state index contributed by atoms with van der Waals surface area (Å²) in [7, 11) is 1.53. The summed E-state index contributed by atoms with van der Waals surface area (Å²) in [4.78, 5) is 4.41. The summed E-state index contributed by atoms with van der Waals surface area (Å²) < 4.78 is 21.3. The third-order valence-corrected chi connectivity index (χ3v) is 4.24. The number of imidazole rings is 1. The Labute approximate surface area is 147 Å². The highest BCUT2D eigenvalue weighted by molar-refractivity contribution is 5.30. The lowest BCUT2D eigenvalue weighted by atomic mass is 10.1. The largest absolute Gasteiger partial charge is 0.497 e. The van der Waals surface area contributed by atoms with Gasteiger partial charge in [0.05, 0.1) is 13.7 Å². The van der Waals surface area contributed by atoms with E-state index in [9.17, 15) is 4.39 Å². The van der Waals surface area contributed by atoms with E-state index in [-0.39, 0.29) is 11.9 Å². The van der Waals surface area contributed by atoms with Gasteiger partial charge in [0.15, 0.2) is 0 Å². The number of methoxy groups -OCH3 is 1. The fraction of sp³-hybridized carbons (Fsp3) is 0.250. The van der Waals surface area contributed by atoms with Crippen LogP contribution in [0.1, 0.15) is 29.9 Å². The van der Waals surface area contributed by atoms with Crippen LogP contribution in [0.4, 0.5) is 4.39 Å². The van der Waals surface area contributed by atoms with Gasteiger partial charge in [0, 0.05) is 36.6 Å². The molecule has 1 atom stereocenters. The molecule has 25 heavy (non-hydrogen) atoms. The molecule has 0 unspecified atom stereocenters. The van der Waals surface area contributed by atoms with Gasteiger partial charge in [-0.3, -0.25) is 0 Å². The molecule has 3 rings (SSSR count). The maximum Gasteiger partial charge on any atom is 0.131 e. The smallest absolute Gasteiger partial charge is 0.131 e. The summed E-state index contributed by atoms with van der Waals surface area (Å²) in [5.74, 6) is 1.17. The minimum absolute atomic E-state index is 0.132. The van der Waals surface area contributed by atoms with Crippen molar-refractivity contribution in [3.63, 3.8) is 0 Å². The summed E-state index contributed by atoms with van der Waals surface area (Å²) in [6, 6.07) is 15.0. The average molecular weight is 339 g/mol. The molecule has 0 saturated heterocycles. The minimum atomic E-state index is -0.271. The van der Waals surface area contributed by atoms with Crippen LogP contribution < -0.4 is 10.1 Å². The van der Waals surface area contributed by atoms with Gasteiger partial charge >= 0.3 is 0 Å². The molecule has 0 bridgehead atoms. The zero-order valence-electron chi connectivity index (χ0n) is 14.4. The van der Waals surface area contributed by atoms with Gasteiger partial charge in [-0.05, 0) is 18.6 Å². The van der Waals surface area contributed by atoms with Crippen LogP contribution in [-0.4, -0.2) is 16.7 Å². The summed E-state index contributed by atoms with van der Waals surface area (Å²) in [5, 5.41) is 3.34. The predicted octanol–water partition coefficient (Wildman–Crippen LogP) is 3.93. The Kier molecular flexibility index (Phi) is 5.46. The second-order valence-electron chi connectivity index (χ2n) is 5.95. The second kappa shape index (κ2) is 7.94. The summed E-state index contributed by atoms with van der Waals surface area (Å²) in [5.41, 5.74) is 1.83. The Balaban J connectivity index is 1.65. The van der Waals surface area contributed by atoms with Crippen LogP contribution in [0, 0.1) is 5.82 Å². The van der Waals surface area contributed by atoms with Gasteiger partial charge < -0.3 is 14.6 Å². The molecule has 0 spiro atoms. The predicted molar refractivity (Wildman–Crippen MR) is 96.0 cm³/mol. The summed E-state index contributed by atoms with van der Waals surface area (Å²) in [6.45, 7) is 3.27. The molecule has 1 aromatic heterocycles. The molecule has 5 heteroatoms. The molecule has 3 aromatic rings. The van der Waals surface area contributed by atoms with E-state index in [1.54, 1.807) is 18.3 Å². The highest BCUT2D eigenvalue weighted by Gasteiger charge is 2.13. The van der Waals surface area contributed by atoms with Gasteiger partial charge in [0.25, 0.3) is 0 Å². The van der Waals surface area contributed by atoms with Crippen molar-refractivity contribution in [2.45, 2.75) is 26.1 Å². The van der Waals surface area contributed by atoms with E-state index in [0.717, 1.165) is 12.4 Å². The van der Waals surface area contributed by atoms with Gasteiger partial charge in [-0.1, -0.05) is 36.4 Å². The molecular weight excluding hydrogens is 317 g/mol. The number of aromatic nitrogens is 2. The van der Waals surface area contributed by atoms with E-state index >= 15 is 0 Å². The molecule has 130 valence electrons. The molecule has 1 N–H and O–H groups in total. The van der Waals surface area contributed by atoms with E-state index < -0.39 is 0 Å². The minimum Gasteiger partial charge on any atom is -0.497 e. The first-order valence-electron chi connectivity index (χ1n) is 8.28. The Morgan fingerprint density at radius 1 is 1.20 bits per heavy atom. The van der Waals surface area contributed by atoms with Crippen LogP contribution in [0.15, 0.2) is 60.9 Å². The van der Waals surface area contributed by atoms with Gasteiger partial charge in [-0.15, -0.1) is 0 Å². The van der Waals surface area contributed by atoms with Crippen molar-refractivity contribution in [1.82, 2.24) is 14.9 Å². The number of ether oxygens (including phenoxy) is 1. The van der Waals surface area contributed by atoms with Crippen LogP contribution >= 0.6 is 0 Å². The van der Waals surface area contributed by atoms with E-state index in [4.69, 9.17) is 4.74 Å². The lowest BCUT2D eigenvalue weighted by molar-refractivity contribution is 0.409. The van der Waals surface area contributed by atoms with Crippen molar-refractivity contribution >= 4 is 0 Å². The maximum absolute atomic E-state index is 14.2. The molecule has 0 fully saturated rings. The lowest BCUT2D eigenvalue weighted by Crippen LogP contribution is -2.21. The van der Waals surface area contributed by atoms with Crippen molar-refractivity contribution in [3.8, 4) is 5.75 Å². The van der Waals surface area contributed by atoms with Crippen LogP contribution in [0.25, 0.3) is 0 Å². The van der Waals surface area contributed by atoms with E-state index in [2.05, 4.69) is 27.0 Å². The Bertz CT molecular complexity index is 817. The van der Waals surface area contributed by atoms with Crippen molar-refractivity contribution in [2.24, 2.45) is 0 Å². The molecule has 1 heterocycles. The van der Waals surface area contributed by atoms with Crippen LogP contribution in [-0.2, 0) is 13.1 Å². The van der Waals surface area contributed by atoms with Gasteiger partial charge in [-0.2, -0.15) is 0 Å². The maximum atomic E-state index is 14.2. The number of hydrogen-bond acceptors (Lipinski definition) is 3. The van der Waals surface area contributed by atoms with Crippen LogP contribution in [0.2, 0.25) is 0 Å². The number of nitrogens with one attached hydrogen (secondary N) is 1. The molecule has 0 aliphatic heterocycles. The number of halogens is 1. The van der Waals surface area contributed by atoms with Crippen molar-refractivity contribution in [1.29, 1.82) is 0 Å². The summed E-state index contributed by atoms with van der Waals surface area (Å²) >= 11 is 0. The van der Waals surface area contributed by atoms with Gasteiger partial charge in [-0.25, -0.2) is 9.37 Å². The van der Waals surface area contributed by atoms with E-state index in [1.165, 1.54) is 18.7 Å². The van der Waals surface area contributed by atoms with Crippen molar-refractivity contribution in [2.75, 3.05) is 7.11 Å². The third-order valence-electron chi connectivity index (χ3n) is 4.24. The molecule has 0 saturated carbocycles. The normalized spacial score (nSPS) is 12.1. The highest BCUT2D eigenvalue weighted by atomic mass is 19.1. The quantitative estimate of drug-likeness (QED) is 0.709. The molecule has 0 radical (unpaired) electrons. The first-order valence-corrected chi connectivity index (χ1v) is 8.28. The SMILES string of the molecule is COc1ccc([C@H](C)NCc2nccn2Cc2ccccc2)c(F)c1. The number of nitrogens with zero attached hydrogens (tertiary/aromatic N) is 2. The number of hydrogen-bond donors (Lipinski definition) is 1. The summed E-state index contributed by atoms with van der Waals surface area (Å²) in [6.07, 6.45) is 3.75. The average Bonchev–Trinajstić information content (AvgIpc) is 3.07. The fourth-order valence-electron chi connectivity index (χ4n) is 2.77. The second-order valence-corrected chi connectivity index (χ2v) is 5.95. The molecule has 0 aliphatic rings. The molecule has 0 aliphatic carbocycles. The first-order chi connectivity index (χ1) is 12.2. The van der Waals surface area contributed by atoms with Crippen molar-refractivity contribution in [3.05, 3.63) is 83.7 Å². The monoisotopic (exact) mass is 339 g/mol. The van der Waals surface area contributed by atoms with E-state index in [1.807, 2.05) is 31.3 Å². The van der Waals surface area contributed by atoms with E-state index in [0.29, 0.717) is 17.9 Å². The van der Waals surface area contributed by atoms with Crippen LogP contribution in [0.5, 0.6) is 5.75 Å². The zero-order valence-corrected chi connectivity index (χ0v) is 14.4. The highest BCUT2D eigenvalue weighted by Crippen LogP contribution is 2.22. The fourth-order valence-corrected chi connectivity index (χ4v) is 2.77. The molecule has 2 aromatic carbocycles. The van der Waals surface area contributed by atoms with Crippen molar-refractivity contribution < 1.29 is 9.13 Å².